The van der Waals surface area contributed by atoms with Crippen LogP contribution in [-0.4, -0.2) is 24.4 Å². The monoisotopic (exact) mass is 294 g/mol. The van der Waals surface area contributed by atoms with Crippen LogP contribution in [-0.2, 0) is 4.79 Å². The lowest BCUT2D eigenvalue weighted by atomic mass is 10.0. The molecule has 2 amide bonds. The molecule has 2 N–H and O–H groups in total. The molecule has 4 heteroatoms. The lowest BCUT2D eigenvalue weighted by Crippen LogP contribution is -2.50. The van der Waals surface area contributed by atoms with Crippen molar-refractivity contribution >= 4 is 11.8 Å². The Labute approximate surface area is 129 Å². The Kier molecular flexibility index (Phi) is 4.19. The highest BCUT2D eigenvalue weighted by Gasteiger charge is 2.23. The third kappa shape index (κ3) is 3.17. The van der Waals surface area contributed by atoms with Gasteiger partial charge in [0, 0.05) is 12.1 Å². The van der Waals surface area contributed by atoms with Crippen molar-refractivity contribution in [2.45, 2.75) is 18.9 Å². The average Bonchev–Trinajstić information content (AvgIpc) is 2.58. The molecule has 2 aromatic rings. The molecule has 112 valence electrons. The van der Waals surface area contributed by atoms with Crippen LogP contribution in [0, 0.1) is 0 Å². The maximum atomic E-state index is 12.2. The number of nitrogens with one attached hydrogen (secondary N) is 2. The van der Waals surface area contributed by atoms with Gasteiger partial charge in [-0.25, -0.2) is 0 Å². The number of rotatable bonds is 3. The summed E-state index contributed by atoms with van der Waals surface area (Å²) in [4.78, 5) is 23.9. The zero-order valence-electron chi connectivity index (χ0n) is 12.2. The van der Waals surface area contributed by atoms with Crippen LogP contribution in [0.1, 0.15) is 23.2 Å². The van der Waals surface area contributed by atoms with Crippen molar-refractivity contribution in [3.05, 3.63) is 60.2 Å². The Bertz CT molecular complexity index is 665. The van der Waals surface area contributed by atoms with Gasteiger partial charge in [0.15, 0.2) is 0 Å². The highest BCUT2D eigenvalue weighted by molar-refractivity contribution is 5.98. The minimum atomic E-state index is -0.421. The van der Waals surface area contributed by atoms with E-state index in [1.807, 2.05) is 42.5 Å². The third-order valence-corrected chi connectivity index (χ3v) is 3.84. The predicted octanol–water partition coefficient (Wildman–Crippen LogP) is 2.36. The molecule has 1 saturated heterocycles. The van der Waals surface area contributed by atoms with Gasteiger partial charge in [-0.3, -0.25) is 9.59 Å². The summed E-state index contributed by atoms with van der Waals surface area (Å²) in [5, 5.41) is 5.56. The van der Waals surface area contributed by atoms with Crippen molar-refractivity contribution in [2.75, 3.05) is 6.54 Å². The van der Waals surface area contributed by atoms with E-state index in [2.05, 4.69) is 10.6 Å². The fourth-order valence-electron chi connectivity index (χ4n) is 2.60. The molecule has 1 heterocycles. The van der Waals surface area contributed by atoms with E-state index in [4.69, 9.17) is 0 Å². The normalized spacial score (nSPS) is 17.6. The minimum absolute atomic E-state index is 0.0968. The Balaban J connectivity index is 1.70. The Morgan fingerprint density at radius 2 is 1.68 bits per heavy atom. The van der Waals surface area contributed by atoms with Crippen LogP contribution in [0.3, 0.4) is 0 Å². The maximum Gasteiger partial charge on any atom is 0.251 e. The predicted molar refractivity (Wildman–Crippen MR) is 85.4 cm³/mol. The second-order valence-electron chi connectivity index (χ2n) is 5.40. The van der Waals surface area contributed by atoms with Gasteiger partial charge in [-0.1, -0.05) is 42.5 Å². The third-order valence-electron chi connectivity index (χ3n) is 3.84. The number of carbonyl (C=O) groups is 2. The van der Waals surface area contributed by atoms with E-state index in [9.17, 15) is 9.59 Å². The first-order valence-electron chi connectivity index (χ1n) is 7.48. The van der Waals surface area contributed by atoms with Crippen LogP contribution >= 0.6 is 0 Å². The molecule has 3 rings (SSSR count). The van der Waals surface area contributed by atoms with Crippen molar-refractivity contribution in [3.8, 4) is 11.1 Å². The van der Waals surface area contributed by atoms with Crippen molar-refractivity contribution in [1.82, 2.24) is 10.6 Å². The molecule has 1 fully saturated rings. The smallest absolute Gasteiger partial charge is 0.251 e. The van der Waals surface area contributed by atoms with Gasteiger partial charge in [-0.2, -0.15) is 0 Å². The molecule has 4 nitrogen and oxygen atoms in total. The number of piperidine rings is 1. The van der Waals surface area contributed by atoms with E-state index in [-0.39, 0.29) is 11.8 Å². The van der Waals surface area contributed by atoms with Gasteiger partial charge < -0.3 is 10.6 Å². The Hall–Kier alpha value is -2.62. The van der Waals surface area contributed by atoms with Crippen LogP contribution in [0.5, 0.6) is 0 Å². The summed E-state index contributed by atoms with van der Waals surface area (Å²) < 4.78 is 0. The molecule has 0 unspecified atom stereocenters. The lowest BCUT2D eigenvalue weighted by Gasteiger charge is -2.22. The molecule has 0 aliphatic carbocycles. The number of carbonyl (C=O) groups excluding carboxylic acids is 2. The molecule has 22 heavy (non-hydrogen) atoms. The summed E-state index contributed by atoms with van der Waals surface area (Å²) in [6.07, 6.45) is 1.59. The van der Waals surface area contributed by atoms with Gasteiger partial charge in [0.2, 0.25) is 5.91 Å². The zero-order valence-corrected chi connectivity index (χ0v) is 12.2. The summed E-state index contributed by atoms with van der Waals surface area (Å²) in [5.74, 6) is -0.304. The van der Waals surface area contributed by atoms with E-state index in [0.717, 1.165) is 17.5 Å². The Morgan fingerprint density at radius 1 is 1.00 bits per heavy atom. The fourth-order valence-corrected chi connectivity index (χ4v) is 2.60. The van der Waals surface area contributed by atoms with Gasteiger partial charge in [0.25, 0.3) is 5.91 Å². The van der Waals surface area contributed by atoms with Crippen LogP contribution in [0.25, 0.3) is 11.1 Å². The second-order valence-corrected chi connectivity index (χ2v) is 5.40. The van der Waals surface area contributed by atoms with Gasteiger partial charge in [-0.05, 0) is 36.1 Å². The molecule has 1 aliphatic heterocycles. The van der Waals surface area contributed by atoms with Gasteiger partial charge in [0.1, 0.15) is 6.04 Å². The van der Waals surface area contributed by atoms with Crippen LogP contribution in [0.15, 0.2) is 54.6 Å². The largest absolute Gasteiger partial charge is 0.354 e. The SMILES string of the molecule is O=C(N[C@@H]1CCCNC1=O)c1ccc(-c2ccccc2)cc1. The molecule has 2 aromatic carbocycles. The Morgan fingerprint density at radius 3 is 2.36 bits per heavy atom. The minimum Gasteiger partial charge on any atom is -0.354 e. The van der Waals surface area contributed by atoms with Crippen molar-refractivity contribution < 1.29 is 9.59 Å². The van der Waals surface area contributed by atoms with Gasteiger partial charge >= 0.3 is 0 Å². The van der Waals surface area contributed by atoms with Crippen molar-refractivity contribution in [3.63, 3.8) is 0 Å². The lowest BCUT2D eigenvalue weighted by molar-refractivity contribution is -0.124. The quantitative estimate of drug-likeness (QED) is 0.913. The molecule has 0 radical (unpaired) electrons. The highest BCUT2D eigenvalue weighted by Crippen LogP contribution is 2.19. The number of hydrogen-bond donors (Lipinski definition) is 2. The average molecular weight is 294 g/mol. The van der Waals surface area contributed by atoms with E-state index in [1.54, 1.807) is 12.1 Å². The first-order chi connectivity index (χ1) is 10.7. The zero-order chi connectivity index (χ0) is 15.4. The topological polar surface area (TPSA) is 58.2 Å². The van der Waals surface area contributed by atoms with E-state index < -0.39 is 6.04 Å². The van der Waals surface area contributed by atoms with Crippen LogP contribution in [0.2, 0.25) is 0 Å². The molecule has 0 bridgehead atoms. The van der Waals surface area contributed by atoms with Gasteiger partial charge in [0.05, 0.1) is 0 Å². The molecule has 1 atom stereocenters. The molecule has 1 aliphatic rings. The highest BCUT2D eigenvalue weighted by atomic mass is 16.2. The molecular formula is C18H18N2O2. The first kappa shape index (κ1) is 14.3. The van der Waals surface area contributed by atoms with E-state index in [0.29, 0.717) is 18.5 Å². The molecular weight excluding hydrogens is 276 g/mol. The van der Waals surface area contributed by atoms with Crippen molar-refractivity contribution in [2.24, 2.45) is 0 Å². The van der Waals surface area contributed by atoms with Gasteiger partial charge in [-0.15, -0.1) is 0 Å². The number of hydrogen-bond acceptors (Lipinski definition) is 2. The van der Waals surface area contributed by atoms with Crippen LogP contribution < -0.4 is 10.6 Å². The second kappa shape index (κ2) is 6.43. The summed E-state index contributed by atoms with van der Waals surface area (Å²) in [5.41, 5.74) is 2.74. The number of benzene rings is 2. The summed E-state index contributed by atoms with van der Waals surface area (Å²) in [6, 6.07) is 17.0. The van der Waals surface area contributed by atoms with E-state index in [1.165, 1.54) is 0 Å². The van der Waals surface area contributed by atoms with Crippen molar-refractivity contribution in [1.29, 1.82) is 0 Å². The molecule has 0 saturated carbocycles. The fraction of sp³-hybridized carbons (Fsp3) is 0.222. The summed E-state index contributed by atoms with van der Waals surface area (Å²) >= 11 is 0. The van der Waals surface area contributed by atoms with Crippen LogP contribution in [0.4, 0.5) is 0 Å². The van der Waals surface area contributed by atoms with E-state index >= 15 is 0 Å². The first-order valence-corrected chi connectivity index (χ1v) is 7.48. The summed E-state index contributed by atoms with van der Waals surface area (Å²) in [7, 11) is 0. The molecule has 0 aromatic heterocycles. The maximum absolute atomic E-state index is 12.2. The number of amides is 2. The molecule has 0 spiro atoms. The standard InChI is InChI=1S/C18H18N2O2/c21-17(20-16-7-4-12-19-18(16)22)15-10-8-14(9-11-15)13-5-2-1-3-6-13/h1-3,5-6,8-11,16H,4,7,12H2,(H,19,22)(H,20,21)/t16-/m1/s1. The summed E-state index contributed by atoms with van der Waals surface area (Å²) in [6.45, 7) is 0.691.